The average Bonchev–Trinajstić information content (AvgIpc) is 0.916. The van der Waals surface area contributed by atoms with Crippen molar-refractivity contribution in [2.24, 2.45) is 0 Å². The molecule has 0 saturated carbocycles. The number of urea groups is 2. The number of Topliss-reactive ketones (excluding diaryl/α,β-unsaturated/α-hetero) is 2. The van der Waals surface area contributed by atoms with Crippen molar-refractivity contribution in [3.8, 4) is 0 Å². The average molecular weight is 1780 g/mol. The highest BCUT2D eigenvalue weighted by Crippen LogP contribution is 2.39. The van der Waals surface area contributed by atoms with Crippen LogP contribution in [0, 0.1) is 0 Å². The number of amides is 5. The number of ketones is 2. The molecule has 0 aromatic carbocycles. The van der Waals surface area contributed by atoms with Crippen LogP contribution in [0.15, 0.2) is 73.4 Å². The van der Waals surface area contributed by atoms with Crippen molar-refractivity contribution < 1.29 is 174 Å². The van der Waals surface area contributed by atoms with Gasteiger partial charge in [0, 0.05) is 113 Å². The van der Waals surface area contributed by atoms with Crippen molar-refractivity contribution in [3.05, 3.63) is 73.4 Å². The zero-order valence-corrected chi connectivity index (χ0v) is 72.1. The van der Waals surface area contributed by atoms with Gasteiger partial charge in [0.25, 0.3) is 10.1 Å². The molecule has 0 heterocycles. The van der Waals surface area contributed by atoms with Gasteiger partial charge in [-0.05, 0) is 150 Å². The van der Waals surface area contributed by atoms with E-state index in [4.69, 9.17) is 81.6 Å². The molecule has 0 saturated heterocycles. The third kappa shape index (κ3) is 84.2. The van der Waals surface area contributed by atoms with Crippen LogP contribution in [0.3, 0.4) is 0 Å². The zero-order chi connectivity index (χ0) is 90.1. The number of unbranched alkanes of at least 4 members (excludes halogenated alkanes) is 8. The number of hydrogen-bond acceptors (Lipinski definition) is 28. The van der Waals surface area contributed by atoms with Crippen LogP contribution in [-0.2, 0) is 123 Å². The third-order valence-corrected chi connectivity index (χ3v) is 17.1. The standard InChI is InChI=1S/C23H40O15P2.C20H33O10P.C15H29N2O7P.C12H23N3O5S/c1-17(2)22(25)35-13-20(14-36-23(26)18(3)4)33-11-7-5-9-19(24)10-6-8-12-34-21(15-37-39(27,28)29)16-38-40(30,31)32;1-15(2)19(22)28-13-18(14-29-20(23)16(3)4)27-11-7-5-9-17(21)10-6-8-12-30-31(24,25)26;1-13(2)14(18)23-11-7-3-5-9-16-15(19)17-10-6-4-8-12-24-25(20,21)22;1-3-11(16)15(4-2)9-5-7-13-12(17)14-8-6-10-21(18,19)20/h20-21H,1,3,5-16H2,2,4H3,(H2,27,28,29)(H2,30,31,32);18H,1,3,5-14H2,2,4H3,(H2,24,25,26);1,3-12H2,2H3,(H2,16,17,19)(H2,20,21,22);3H,1,4-10H2,2H3,(H2,13,14,17)(H,18,19,20). The Labute approximate surface area is 684 Å². The second-order valence-electron chi connectivity index (χ2n) is 25.6. The van der Waals surface area contributed by atoms with Crippen LogP contribution >= 0.6 is 31.3 Å². The second-order valence-corrected chi connectivity index (χ2v) is 32.2. The number of carbonyl (C=O) groups excluding carboxylic acids is 10. The normalized spacial score (nSPS) is 11.4. The highest BCUT2D eigenvalue weighted by Gasteiger charge is 2.25. The summed E-state index contributed by atoms with van der Waals surface area (Å²) in [5.74, 6) is -3.23. The summed E-state index contributed by atoms with van der Waals surface area (Å²) >= 11 is 0. The van der Waals surface area contributed by atoms with E-state index in [0.29, 0.717) is 141 Å². The molecule has 13 N–H and O–H groups in total. The quantitative estimate of drug-likeness (QED) is 0.00762. The molecule has 0 spiro atoms. The minimum atomic E-state index is -4.82. The van der Waals surface area contributed by atoms with Gasteiger partial charge in [-0.15, -0.1) is 0 Å². The summed E-state index contributed by atoms with van der Waals surface area (Å²) in [4.78, 5) is 186. The lowest BCUT2D eigenvalue weighted by Crippen LogP contribution is -2.38. The number of likely N-dealkylation sites (N-methyl/N-ethyl adjacent to an activating group) is 1. The lowest BCUT2D eigenvalue weighted by Gasteiger charge is -2.18. The number of phosphoric ester groups is 4. The number of rotatable bonds is 66. The van der Waals surface area contributed by atoms with Gasteiger partial charge in [-0.3, -0.25) is 37.0 Å². The highest BCUT2D eigenvalue weighted by atomic mass is 32.2. The molecule has 0 aromatic rings. The summed E-state index contributed by atoms with van der Waals surface area (Å²) in [5.41, 5.74) is 1.29. The molecule has 42 nitrogen and oxygen atoms in total. The second kappa shape index (κ2) is 69.1. The van der Waals surface area contributed by atoms with Gasteiger partial charge in [-0.2, -0.15) is 8.42 Å². The molecular formula is C70H125N5O37P4S. The van der Waals surface area contributed by atoms with E-state index in [2.05, 4.69) is 78.8 Å². The van der Waals surface area contributed by atoms with E-state index in [0.717, 1.165) is 19.3 Å². The maximum Gasteiger partial charge on any atom is 0.469 e. The topological polar surface area (TPSA) is 617 Å². The Bertz CT molecular complexity index is 3270. The molecule has 0 aliphatic carbocycles. The molecule has 5 amide bonds. The number of nitrogens with zero attached hydrogens (tertiary/aromatic N) is 1. The van der Waals surface area contributed by atoms with Gasteiger partial charge < -0.3 is 103 Å². The fourth-order valence-corrected chi connectivity index (χ4v) is 10.1. The van der Waals surface area contributed by atoms with E-state index in [-0.39, 0.29) is 136 Å². The fourth-order valence-electron chi connectivity index (χ4n) is 8.13. The molecular weight excluding hydrogens is 1660 g/mol. The Morgan fingerprint density at radius 2 is 0.650 bits per heavy atom. The summed E-state index contributed by atoms with van der Waals surface area (Å²) in [6, 6.07) is -0.663. The molecule has 0 atom stereocenters. The number of esters is 5. The highest BCUT2D eigenvalue weighted by molar-refractivity contribution is 7.85. The Morgan fingerprint density at radius 3 is 0.940 bits per heavy atom. The predicted molar refractivity (Wildman–Crippen MR) is 424 cm³/mol. The van der Waals surface area contributed by atoms with Crippen LogP contribution in [0.4, 0.5) is 9.59 Å². The molecule has 0 bridgehead atoms. The number of nitrogens with one attached hydrogen (secondary N) is 4. The van der Waals surface area contributed by atoms with E-state index in [1.165, 1.54) is 33.8 Å². The van der Waals surface area contributed by atoms with Crippen LogP contribution in [-0.4, -0.2) is 259 Å². The van der Waals surface area contributed by atoms with Crippen molar-refractivity contribution in [2.45, 2.75) is 188 Å². The van der Waals surface area contributed by atoms with Crippen molar-refractivity contribution >= 4 is 101 Å². The van der Waals surface area contributed by atoms with Gasteiger partial charge >= 0.3 is 73.2 Å². The first-order chi connectivity index (χ1) is 54.4. The Morgan fingerprint density at radius 1 is 0.376 bits per heavy atom. The SMILES string of the molecule is C=C(C)C(=O)OCC(COC(=O)C(=C)C)OCCCCC(=O)CCCCOC(COP(=O)(O)O)COP(=O)(O)O.C=C(C)C(=O)OCC(COC(=O)C(=C)C)OCCCCC(=O)CCCCOP(=O)(O)O.C=C(C)C(=O)OCCCCCNC(=O)NCCCCCOP(=O)(O)O.C=CC(=O)N(CC)CCCNC(=O)NCCCS(=O)(=O)O. The van der Waals surface area contributed by atoms with E-state index >= 15 is 0 Å². The van der Waals surface area contributed by atoms with Crippen molar-refractivity contribution in [2.75, 3.05) is 124 Å². The summed E-state index contributed by atoms with van der Waals surface area (Å²) in [5, 5.41) is 10.5. The van der Waals surface area contributed by atoms with E-state index in [1.54, 1.807) is 11.8 Å². The largest absolute Gasteiger partial charge is 0.469 e. The molecule has 47 heteroatoms. The van der Waals surface area contributed by atoms with Crippen molar-refractivity contribution in [1.29, 1.82) is 0 Å². The molecule has 117 heavy (non-hydrogen) atoms. The monoisotopic (exact) mass is 1780 g/mol. The van der Waals surface area contributed by atoms with Gasteiger partial charge in [0.05, 0.1) is 38.8 Å². The maximum atomic E-state index is 12.1. The predicted octanol–water partition coefficient (Wildman–Crippen LogP) is 6.60. The Kier molecular flexibility index (Phi) is 68.9. The minimum Gasteiger partial charge on any atom is -0.462 e. The first-order valence-electron chi connectivity index (χ1n) is 37.2. The number of hydrogen-bond donors (Lipinski definition) is 13. The Hall–Kier alpha value is -6.63. The van der Waals surface area contributed by atoms with Crippen LogP contribution < -0.4 is 21.3 Å². The molecule has 678 valence electrons. The zero-order valence-electron chi connectivity index (χ0n) is 67.7. The molecule has 0 unspecified atom stereocenters. The van der Waals surface area contributed by atoms with Crippen LogP contribution in [0.2, 0.25) is 0 Å². The molecule has 0 aromatic heterocycles. The van der Waals surface area contributed by atoms with Crippen LogP contribution in [0.5, 0.6) is 0 Å². The number of carbonyl (C=O) groups is 10. The van der Waals surface area contributed by atoms with Crippen LogP contribution in [0.1, 0.15) is 170 Å². The number of ether oxygens (including phenoxy) is 8. The third-order valence-electron chi connectivity index (χ3n) is 14.2. The maximum absolute atomic E-state index is 12.1. The van der Waals surface area contributed by atoms with Gasteiger partial charge in [0.1, 0.15) is 56.3 Å². The summed E-state index contributed by atoms with van der Waals surface area (Å²) < 4.78 is 131. The summed E-state index contributed by atoms with van der Waals surface area (Å²) in [7, 11) is -22.4. The molecule has 0 radical (unpaired) electrons. The van der Waals surface area contributed by atoms with Gasteiger partial charge in [0.2, 0.25) is 5.91 Å². The molecule has 0 aliphatic rings. The molecule has 0 fully saturated rings. The lowest BCUT2D eigenvalue weighted by molar-refractivity contribution is -0.152. The van der Waals surface area contributed by atoms with E-state index in [1.807, 2.05) is 6.92 Å². The first kappa shape index (κ1) is 117. The van der Waals surface area contributed by atoms with Gasteiger partial charge in [0.15, 0.2) is 0 Å². The van der Waals surface area contributed by atoms with Crippen LogP contribution in [0.25, 0.3) is 0 Å². The van der Waals surface area contributed by atoms with Gasteiger partial charge in [-0.25, -0.2) is 51.8 Å². The van der Waals surface area contributed by atoms with E-state index < -0.39 is 103 Å². The lowest BCUT2D eigenvalue weighted by atomic mass is 10.1. The van der Waals surface area contributed by atoms with Crippen molar-refractivity contribution in [1.82, 2.24) is 26.2 Å². The first-order valence-corrected chi connectivity index (χ1v) is 44.9. The summed E-state index contributed by atoms with van der Waals surface area (Å²) in [6.45, 7) is 32.0. The van der Waals surface area contributed by atoms with Gasteiger partial charge in [-0.1, -0.05) is 39.5 Å². The summed E-state index contributed by atoms with van der Waals surface area (Å²) in [6.07, 6.45) is 8.89. The molecule has 0 aliphatic heterocycles. The Balaban J connectivity index is -0.000000748. The smallest absolute Gasteiger partial charge is 0.462 e. The number of phosphoric acid groups is 4. The molecule has 0 rings (SSSR count). The van der Waals surface area contributed by atoms with E-state index in [9.17, 15) is 74.6 Å². The fraction of sp³-hybridized carbons (Fsp3) is 0.686. The minimum absolute atomic E-state index is 0.00183. The van der Waals surface area contributed by atoms with Crippen molar-refractivity contribution in [3.63, 3.8) is 0 Å².